The number of nitrogens with zero attached hydrogens (tertiary/aromatic N) is 1. The van der Waals surface area contributed by atoms with Gasteiger partial charge in [-0.3, -0.25) is 0 Å². The van der Waals surface area contributed by atoms with Crippen LogP contribution in [-0.4, -0.2) is 50.3 Å². The monoisotopic (exact) mass is 280 g/mol. The van der Waals surface area contributed by atoms with Crippen LogP contribution in [0.1, 0.15) is 57.8 Å². The van der Waals surface area contributed by atoms with Crippen LogP contribution < -0.4 is 5.32 Å². The molecule has 3 aliphatic rings. The standard InChI is InChI=1S/C17H32N2O/c1-2-7-17(6-1)8-13-19(14-9-17)12-3-15-20-16-4-10-18-11-5-16/h16,18H,1-15H2. The summed E-state index contributed by atoms with van der Waals surface area (Å²) in [5.41, 5.74) is 0.766. The van der Waals surface area contributed by atoms with Crippen molar-refractivity contribution in [2.24, 2.45) is 5.41 Å². The number of piperidine rings is 2. The van der Waals surface area contributed by atoms with E-state index in [4.69, 9.17) is 4.74 Å². The summed E-state index contributed by atoms with van der Waals surface area (Å²) in [6.45, 7) is 7.17. The van der Waals surface area contributed by atoms with Gasteiger partial charge in [0.1, 0.15) is 0 Å². The van der Waals surface area contributed by atoms with E-state index >= 15 is 0 Å². The van der Waals surface area contributed by atoms with Crippen molar-refractivity contribution in [2.45, 2.75) is 63.9 Å². The minimum Gasteiger partial charge on any atom is -0.378 e. The third kappa shape index (κ3) is 3.96. The molecule has 0 bridgehead atoms. The molecule has 1 spiro atoms. The quantitative estimate of drug-likeness (QED) is 0.784. The molecule has 0 amide bonds. The van der Waals surface area contributed by atoms with Gasteiger partial charge < -0.3 is 15.0 Å². The Hall–Kier alpha value is -0.120. The summed E-state index contributed by atoms with van der Waals surface area (Å²) in [6, 6.07) is 0. The molecule has 0 radical (unpaired) electrons. The van der Waals surface area contributed by atoms with Crippen LogP contribution in [0.2, 0.25) is 0 Å². The molecule has 3 nitrogen and oxygen atoms in total. The van der Waals surface area contributed by atoms with E-state index in [0.29, 0.717) is 6.10 Å². The molecule has 3 rings (SSSR count). The maximum absolute atomic E-state index is 6.00. The third-order valence-electron chi connectivity index (χ3n) is 5.84. The minimum absolute atomic E-state index is 0.527. The average Bonchev–Trinajstić information content (AvgIpc) is 2.95. The van der Waals surface area contributed by atoms with E-state index < -0.39 is 0 Å². The second kappa shape index (κ2) is 7.24. The van der Waals surface area contributed by atoms with E-state index in [9.17, 15) is 0 Å². The zero-order valence-electron chi connectivity index (χ0n) is 13.0. The maximum atomic E-state index is 6.00. The molecule has 0 aromatic heterocycles. The molecule has 0 atom stereocenters. The number of rotatable bonds is 5. The van der Waals surface area contributed by atoms with E-state index in [2.05, 4.69) is 10.2 Å². The normalized spacial score (nSPS) is 28.2. The van der Waals surface area contributed by atoms with Gasteiger partial charge in [0.25, 0.3) is 0 Å². The maximum Gasteiger partial charge on any atom is 0.0599 e. The Morgan fingerprint density at radius 3 is 2.40 bits per heavy atom. The fourth-order valence-electron chi connectivity index (χ4n) is 4.38. The summed E-state index contributed by atoms with van der Waals surface area (Å²) >= 11 is 0. The van der Waals surface area contributed by atoms with Gasteiger partial charge in [0.05, 0.1) is 6.10 Å². The van der Waals surface area contributed by atoms with Crippen LogP contribution in [0.3, 0.4) is 0 Å². The van der Waals surface area contributed by atoms with Gasteiger partial charge in [-0.2, -0.15) is 0 Å². The molecular formula is C17H32N2O. The number of nitrogens with one attached hydrogen (secondary N) is 1. The molecule has 1 N–H and O–H groups in total. The molecule has 3 fully saturated rings. The van der Waals surface area contributed by atoms with Crippen LogP contribution in [0.4, 0.5) is 0 Å². The van der Waals surface area contributed by atoms with E-state index in [1.54, 1.807) is 0 Å². The first-order chi connectivity index (χ1) is 9.86. The lowest BCUT2D eigenvalue weighted by Gasteiger charge is -2.39. The van der Waals surface area contributed by atoms with Crippen molar-refractivity contribution >= 4 is 0 Å². The van der Waals surface area contributed by atoms with E-state index in [-0.39, 0.29) is 0 Å². The molecular weight excluding hydrogens is 248 g/mol. The van der Waals surface area contributed by atoms with Gasteiger partial charge in [0.15, 0.2) is 0 Å². The number of hydrogen-bond acceptors (Lipinski definition) is 3. The number of ether oxygens (including phenoxy) is 1. The van der Waals surface area contributed by atoms with Gasteiger partial charge >= 0.3 is 0 Å². The fourth-order valence-corrected chi connectivity index (χ4v) is 4.38. The lowest BCUT2D eigenvalue weighted by atomic mass is 9.77. The van der Waals surface area contributed by atoms with Crippen molar-refractivity contribution in [1.29, 1.82) is 0 Å². The topological polar surface area (TPSA) is 24.5 Å². The number of hydrogen-bond donors (Lipinski definition) is 1. The Bertz CT molecular complexity index is 273. The summed E-state index contributed by atoms with van der Waals surface area (Å²) in [6.07, 6.45) is 13.1. The lowest BCUT2D eigenvalue weighted by Crippen LogP contribution is -2.39. The predicted octanol–water partition coefficient (Wildman–Crippen LogP) is 2.80. The zero-order chi connectivity index (χ0) is 13.7. The van der Waals surface area contributed by atoms with Crippen molar-refractivity contribution in [3.05, 3.63) is 0 Å². The summed E-state index contributed by atoms with van der Waals surface area (Å²) in [5, 5.41) is 3.39. The molecule has 1 saturated carbocycles. The number of likely N-dealkylation sites (tertiary alicyclic amines) is 1. The molecule has 2 saturated heterocycles. The summed E-state index contributed by atoms with van der Waals surface area (Å²) in [7, 11) is 0. The van der Waals surface area contributed by atoms with Crippen molar-refractivity contribution in [1.82, 2.24) is 10.2 Å². The first kappa shape index (κ1) is 14.8. The van der Waals surface area contributed by atoms with Crippen molar-refractivity contribution in [2.75, 3.05) is 39.3 Å². The minimum atomic E-state index is 0.527. The van der Waals surface area contributed by atoms with Gasteiger partial charge in [0, 0.05) is 13.2 Å². The molecule has 3 heteroatoms. The second-order valence-corrected chi connectivity index (χ2v) is 7.22. The zero-order valence-corrected chi connectivity index (χ0v) is 13.0. The smallest absolute Gasteiger partial charge is 0.0599 e. The third-order valence-corrected chi connectivity index (χ3v) is 5.84. The highest BCUT2D eigenvalue weighted by atomic mass is 16.5. The Balaban J connectivity index is 1.26. The van der Waals surface area contributed by atoms with Gasteiger partial charge in [-0.1, -0.05) is 12.8 Å². The Labute approximate surface area is 124 Å². The highest BCUT2D eigenvalue weighted by molar-refractivity contribution is 4.89. The summed E-state index contributed by atoms with van der Waals surface area (Å²) in [4.78, 5) is 2.68. The van der Waals surface area contributed by atoms with Gasteiger partial charge in [-0.25, -0.2) is 0 Å². The second-order valence-electron chi connectivity index (χ2n) is 7.22. The summed E-state index contributed by atoms with van der Waals surface area (Å²) in [5.74, 6) is 0. The Morgan fingerprint density at radius 1 is 1.00 bits per heavy atom. The first-order valence-electron chi connectivity index (χ1n) is 8.91. The molecule has 0 aromatic carbocycles. The SMILES string of the molecule is C(COC1CCNCC1)CN1CCC2(CCCC2)CC1. The van der Waals surface area contributed by atoms with Crippen LogP contribution in [-0.2, 0) is 4.74 Å². The van der Waals surface area contributed by atoms with E-state index in [0.717, 1.165) is 25.1 Å². The molecule has 116 valence electrons. The van der Waals surface area contributed by atoms with Gasteiger partial charge in [0.2, 0.25) is 0 Å². The van der Waals surface area contributed by atoms with Gasteiger partial charge in [-0.05, 0) is 76.5 Å². The van der Waals surface area contributed by atoms with E-state index in [1.165, 1.54) is 77.4 Å². The fraction of sp³-hybridized carbons (Fsp3) is 1.00. The van der Waals surface area contributed by atoms with Crippen molar-refractivity contribution < 1.29 is 4.74 Å². The Morgan fingerprint density at radius 2 is 1.70 bits per heavy atom. The molecule has 2 heterocycles. The van der Waals surface area contributed by atoms with Crippen molar-refractivity contribution in [3.63, 3.8) is 0 Å². The lowest BCUT2D eigenvalue weighted by molar-refractivity contribution is 0.0239. The molecule has 0 unspecified atom stereocenters. The van der Waals surface area contributed by atoms with Crippen molar-refractivity contribution in [3.8, 4) is 0 Å². The molecule has 2 aliphatic heterocycles. The molecule has 20 heavy (non-hydrogen) atoms. The van der Waals surface area contributed by atoms with Gasteiger partial charge in [-0.15, -0.1) is 0 Å². The van der Waals surface area contributed by atoms with Crippen LogP contribution in [0.5, 0.6) is 0 Å². The highest BCUT2D eigenvalue weighted by Gasteiger charge is 2.36. The largest absolute Gasteiger partial charge is 0.378 e. The van der Waals surface area contributed by atoms with Crippen LogP contribution in [0.25, 0.3) is 0 Å². The molecule has 0 aromatic rings. The van der Waals surface area contributed by atoms with E-state index in [1.807, 2.05) is 0 Å². The van der Waals surface area contributed by atoms with Crippen LogP contribution >= 0.6 is 0 Å². The van der Waals surface area contributed by atoms with Crippen LogP contribution in [0, 0.1) is 5.41 Å². The average molecular weight is 280 g/mol. The first-order valence-corrected chi connectivity index (χ1v) is 8.91. The Kier molecular flexibility index (Phi) is 5.36. The predicted molar refractivity (Wildman–Crippen MR) is 83.0 cm³/mol. The molecule has 1 aliphatic carbocycles. The van der Waals surface area contributed by atoms with Crippen LogP contribution in [0.15, 0.2) is 0 Å². The summed E-state index contributed by atoms with van der Waals surface area (Å²) < 4.78 is 6.00. The highest BCUT2D eigenvalue weighted by Crippen LogP contribution is 2.45.